The van der Waals surface area contributed by atoms with E-state index in [4.69, 9.17) is 4.98 Å². The Hall–Kier alpha value is -1.84. The number of carbonyl (C=O) groups excluding carboxylic acids is 1. The Morgan fingerprint density at radius 2 is 2.19 bits per heavy atom. The molecule has 3 rings (SSSR count). The molecule has 0 saturated heterocycles. The maximum Gasteiger partial charge on any atom is 0.224 e. The van der Waals surface area contributed by atoms with E-state index in [9.17, 15) is 4.79 Å². The lowest BCUT2D eigenvalue weighted by Crippen LogP contribution is -2.28. The van der Waals surface area contributed by atoms with Crippen LogP contribution in [-0.4, -0.2) is 22.0 Å². The molecular weight excluding hydrogens is 262 g/mol. The largest absolute Gasteiger partial charge is 0.356 e. The van der Waals surface area contributed by atoms with Gasteiger partial charge in [0.2, 0.25) is 5.91 Å². The molecule has 0 aliphatic heterocycles. The van der Waals surface area contributed by atoms with Crippen LogP contribution in [0.5, 0.6) is 0 Å². The van der Waals surface area contributed by atoms with Gasteiger partial charge >= 0.3 is 0 Å². The molecule has 0 atom stereocenters. The zero-order valence-corrected chi connectivity index (χ0v) is 13.0. The lowest BCUT2D eigenvalue weighted by Gasteiger charge is -2.07. The fourth-order valence-electron chi connectivity index (χ4n) is 2.65. The van der Waals surface area contributed by atoms with E-state index in [1.165, 1.54) is 18.7 Å². The van der Waals surface area contributed by atoms with Gasteiger partial charge in [-0.15, -0.1) is 0 Å². The van der Waals surface area contributed by atoms with E-state index >= 15 is 0 Å². The van der Waals surface area contributed by atoms with Crippen molar-refractivity contribution in [1.82, 2.24) is 14.9 Å². The number of nitrogens with zero attached hydrogens (tertiary/aromatic N) is 2. The summed E-state index contributed by atoms with van der Waals surface area (Å²) in [6.07, 6.45) is 2.93. The predicted molar refractivity (Wildman–Crippen MR) is 84.2 cm³/mol. The summed E-state index contributed by atoms with van der Waals surface area (Å²) in [6, 6.07) is 6.17. The minimum atomic E-state index is 0.0846. The van der Waals surface area contributed by atoms with Crippen LogP contribution in [-0.2, 0) is 18.3 Å². The van der Waals surface area contributed by atoms with Crippen LogP contribution in [0.15, 0.2) is 18.2 Å². The van der Waals surface area contributed by atoms with Gasteiger partial charge in [0.1, 0.15) is 5.82 Å². The Labute approximate surface area is 125 Å². The first kappa shape index (κ1) is 14.1. The van der Waals surface area contributed by atoms with Crippen molar-refractivity contribution >= 4 is 16.9 Å². The molecule has 1 aromatic heterocycles. The Morgan fingerprint density at radius 1 is 1.43 bits per heavy atom. The molecule has 4 heteroatoms. The molecule has 1 N–H and O–H groups in total. The summed E-state index contributed by atoms with van der Waals surface area (Å²) < 4.78 is 2.19. The lowest BCUT2D eigenvalue weighted by molar-refractivity contribution is -0.120. The molecule has 0 spiro atoms. The van der Waals surface area contributed by atoms with Crippen molar-refractivity contribution in [2.24, 2.45) is 13.0 Å². The van der Waals surface area contributed by atoms with Crippen LogP contribution in [0.3, 0.4) is 0 Å². The van der Waals surface area contributed by atoms with Crippen LogP contribution >= 0.6 is 0 Å². The van der Waals surface area contributed by atoms with Crippen LogP contribution in [0.2, 0.25) is 0 Å². The lowest BCUT2D eigenvalue weighted by atomic mass is 10.1. The quantitative estimate of drug-likeness (QED) is 0.918. The maximum atomic E-state index is 11.9. The molecule has 0 unspecified atom stereocenters. The fourth-order valence-corrected chi connectivity index (χ4v) is 2.65. The Morgan fingerprint density at radius 3 is 2.86 bits per heavy atom. The molecule has 1 saturated carbocycles. The highest BCUT2D eigenvalue weighted by Gasteiger charge is 2.28. The molecule has 112 valence electrons. The molecule has 4 nitrogen and oxygen atoms in total. The third-order valence-electron chi connectivity index (χ3n) is 3.99. The van der Waals surface area contributed by atoms with E-state index in [1.54, 1.807) is 0 Å². The standard InChI is InChI=1S/C17H23N3O/c1-11(2)10-18-16(21)9-12-4-7-15-14(8-12)19-17(20(15)3)13-5-6-13/h4,7-8,11,13H,5-6,9-10H2,1-3H3,(H,18,21). The first-order valence-electron chi connectivity index (χ1n) is 7.76. The summed E-state index contributed by atoms with van der Waals surface area (Å²) in [5.74, 6) is 2.39. The highest BCUT2D eigenvalue weighted by molar-refractivity contribution is 5.82. The zero-order chi connectivity index (χ0) is 15.0. The Balaban J connectivity index is 1.76. The third kappa shape index (κ3) is 3.09. The van der Waals surface area contributed by atoms with Crippen molar-refractivity contribution < 1.29 is 4.79 Å². The van der Waals surface area contributed by atoms with Gasteiger partial charge in [-0.05, 0) is 36.5 Å². The number of aromatic nitrogens is 2. The number of nitrogens with one attached hydrogen (secondary N) is 1. The Kier molecular flexibility index (Phi) is 3.70. The number of hydrogen-bond donors (Lipinski definition) is 1. The first-order valence-corrected chi connectivity index (χ1v) is 7.76. The van der Waals surface area contributed by atoms with Gasteiger partial charge in [-0.25, -0.2) is 4.98 Å². The second-order valence-corrected chi connectivity index (χ2v) is 6.50. The summed E-state index contributed by atoms with van der Waals surface area (Å²) in [5.41, 5.74) is 3.20. The first-order chi connectivity index (χ1) is 10.0. The molecule has 1 heterocycles. The minimum absolute atomic E-state index is 0.0846. The number of amides is 1. The summed E-state index contributed by atoms with van der Waals surface area (Å²) in [5, 5.41) is 2.96. The number of rotatable bonds is 5. The predicted octanol–water partition coefficient (Wildman–Crippen LogP) is 2.77. The molecule has 2 aromatic rings. The van der Waals surface area contributed by atoms with Crippen molar-refractivity contribution in [3.8, 4) is 0 Å². The number of benzene rings is 1. The fraction of sp³-hybridized carbons (Fsp3) is 0.529. The smallest absolute Gasteiger partial charge is 0.224 e. The van der Waals surface area contributed by atoms with Crippen LogP contribution in [0.4, 0.5) is 0 Å². The van der Waals surface area contributed by atoms with Crippen LogP contribution in [0, 0.1) is 5.92 Å². The van der Waals surface area contributed by atoms with Crippen molar-refractivity contribution in [1.29, 1.82) is 0 Å². The van der Waals surface area contributed by atoms with E-state index in [2.05, 4.69) is 42.9 Å². The highest BCUT2D eigenvalue weighted by Crippen LogP contribution is 2.40. The minimum Gasteiger partial charge on any atom is -0.356 e. The molecule has 1 aromatic carbocycles. The molecule has 1 fully saturated rings. The normalized spacial score (nSPS) is 14.9. The maximum absolute atomic E-state index is 11.9. The number of aryl methyl sites for hydroxylation is 1. The van der Waals surface area contributed by atoms with Gasteiger partial charge in [0.05, 0.1) is 17.5 Å². The highest BCUT2D eigenvalue weighted by atomic mass is 16.1. The van der Waals surface area contributed by atoms with Gasteiger partial charge < -0.3 is 9.88 Å². The van der Waals surface area contributed by atoms with Crippen molar-refractivity contribution in [2.45, 2.75) is 39.0 Å². The zero-order valence-electron chi connectivity index (χ0n) is 13.0. The average Bonchev–Trinajstić information content (AvgIpc) is 3.22. The second kappa shape index (κ2) is 5.51. The van der Waals surface area contributed by atoms with Crippen molar-refractivity contribution in [3.63, 3.8) is 0 Å². The van der Waals surface area contributed by atoms with E-state index in [0.717, 1.165) is 23.1 Å². The monoisotopic (exact) mass is 285 g/mol. The number of hydrogen-bond acceptors (Lipinski definition) is 2. The number of fused-ring (bicyclic) bond motifs is 1. The van der Waals surface area contributed by atoms with Gasteiger partial charge in [0.15, 0.2) is 0 Å². The summed E-state index contributed by atoms with van der Waals surface area (Å²) in [4.78, 5) is 16.7. The number of imidazole rings is 1. The molecule has 0 radical (unpaired) electrons. The molecule has 0 bridgehead atoms. The topological polar surface area (TPSA) is 46.9 Å². The van der Waals surface area contributed by atoms with Crippen LogP contribution in [0.1, 0.15) is 44.0 Å². The second-order valence-electron chi connectivity index (χ2n) is 6.50. The molecule has 1 aliphatic rings. The third-order valence-corrected chi connectivity index (χ3v) is 3.99. The van der Waals surface area contributed by atoms with E-state index in [-0.39, 0.29) is 5.91 Å². The Bertz CT molecular complexity index is 668. The van der Waals surface area contributed by atoms with E-state index < -0.39 is 0 Å². The van der Waals surface area contributed by atoms with Gasteiger partial charge in [-0.3, -0.25) is 4.79 Å². The van der Waals surface area contributed by atoms with E-state index in [1.807, 2.05) is 6.07 Å². The van der Waals surface area contributed by atoms with Crippen LogP contribution in [0.25, 0.3) is 11.0 Å². The van der Waals surface area contributed by atoms with Gasteiger partial charge in [-0.1, -0.05) is 19.9 Å². The molecule has 1 aliphatic carbocycles. The summed E-state index contributed by atoms with van der Waals surface area (Å²) in [7, 11) is 2.08. The molecule has 1 amide bonds. The number of carbonyl (C=O) groups is 1. The van der Waals surface area contributed by atoms with Crippen molar-refractivity contribution in [2.75, 3.05) is 6.54 Å². The average molecular weight is 285 g/mol. The molecule has 21 heavy (non-hydrogen) atoms. The van der Waals surface area contributed by atoms with E-state index in [0.29, 0.717) is 18.3 Å². The van der Waals surface area contributed by atoms with Gasteiger partial charge in [-0.2, -0.15) is 0 Å². The summed E-state index contributed by atoms with van der Waals surface area (Å²) >= 11 is 0. The van der Waals surface area contributed by atoms with Crippen molar-refractivity contribution in [3.05, 3.63) is 29.6 Å². The van der Waals surface area contributed by atoms with Gasteiger partial charge in [0.25, 0.3) is 0 Å². The van der Waals surface area contributed by atoms with Crippen LogP contribution < -0.4 is 5.32 Å². The van der Waals surface area contributed by atoms with Gasteiger partial charge in [0, 0.05) is 19.5 Å². The summed E-state index contributed by atoms with van der Waals surface area (Å²) in [6.45, 7) is 4.93. The molecular formula is C17H23N3O. The SMILES string of the molecule is CC(C)CNC(=O)Cc1ccc2c(c1)nc(C1CC1)n2C.